The Hall–Kier alpha value is -2.20. The molecule has 4 heteroatoms. The molecular formula is C16H11BrO3. The molecule has 1 N–H and O–H groups in total. The second-order valence-electron chi connectivity index (χ2n) is 4.10. The maximum absolute atomic E-state index is 12.1. The second kappa shape index (κ2) is 6.30. The van der Waals surface area contributed by atoms with E-state index in [1.54, 1.807) is 54.6 Å². The first-order chi connectivity index (χ1) is 9.58. The van der Waals surface area contributed by atoms with Gasteiger partial charge in [-0.1, -0.05) is 58.4 Å². The van der Waals surface area contributed by atoms with Gasteiger partial charge in [-0.05, 0) is 17.7 Å². The van der Waals surface area contributed by atoms with E-state index in [9.17, 15) is 14.7 Å². The van der Waals surface area contributed by atoms with Crippen LogP contribution in [0.25, 0.3) is 5.57 Å². The molecule has 2 aromatic rings. The van der Waals surface area contributed by atoms with Crippen LogP contribution >= 0.6 is 15.9 Å². The molecule has 2 rings (SSSR count). The molecule has 0 amide bonds. The van der Waals surface area contributed by atoms with E-state index in [1.807, 2.05) is 0 Å². The van der Waals surface area contributed by atoms with Crippen LogP contribution in [0.1, 0.15) is 15.9 Å². The first-order valence-corrected chi connectivity index (χ1v) is 6.67. The summed E-state index contributed by atoms with van der Waals surface area (Å²) in [7, 11) is 0. The van der Waals surface area contributed by atoms with Crippen molar-refractivity contribution in [2.75, 3.05) is 0 Å². The molecule has 100 valence electrons. The lowest BCUT2D eigenvalue weighted by molar-refractivity contribution is -0.130. The number of aliphatic carboxylic acids is 1. The third-order valence-corrected chi connectivity index (χ3v) is 3.25. The fourth-order valence-electron chi connectivity index (χ4n) is 1.71. The van der Waals surface area contributed by atoms with Gasteiger partial charge in [-0.25, -0.2) is 4.79 Å². The van der Waals surface area contributed by atoms with Crippen molar-refractivity contribution in [3.63, 3.8) is 0 Å². The van der Waals surface area contributed by atoms with E-state index < -0.39 is 5.97 Å². The summed E-state index contributed by atoms with van der Waals surface area (Å²) >= 11 is 3.29. The fourth-order valence-corrected chi connectivity index (χ4v) is 1.98. The van der Waals surface area contributed by atoms with Crippen LogP contribution in [-0.4, -0.2) is 16.9 Å². The Morgan fingerprint density at radius 3 is 2.05 bits per heavy atom. The molecule has 0 fully saturated rings. The van der Waals surface area contributed by atoms with Gasteiger partial charge in [0.1, 0.15) is 0 Å². The number of halogens is 1. The maximum Gasteiger partial charge on any atom is 0.336 e. The summed E-state index contributed by atoms with van der Waals surface area (Å²) in [5.74, 6) is -1.46. The first kappa shape index (κ1) is 14.2. The molecule has 0 radical (unpaired) electrons. The van der Waals surface area contributed by atoms with Crippen LogP contribution in [0, 0.1) is 0 Å². The minimum atomic E-state index is -1.13. The Kier molecular flexibility index (Phi) is 4.48. The molecule has 0 saturated carbocycles. The van der Waals surface area contributed by atoms with E-state index in [0.29, 0.717) is 11.1 Å². The highest BCUT2D eigenvalue weighted by Crippen LogP contribution is 2.19. The molecule has 2 aromatic carbocycles. The molecule has 0 spiro atoms. The molecular weight excluding hydrogens is 320 g/mol. The zero-order chi connectivity index (χ0) is 14.5. The highest BCUT2D eigenvalue weighted by molar-refractivity contribution is 9.10. The van der Waals surface area contributed by atoms with Crippen LogP contribution in [0.15, 0.2) is 65.1 Å². The molecule has 0 unspecified atom stereocenters. The zero-order valence-electron chi connectivity index (χ0n) is 10.4. The Bertz CT molecular complexity index is 658. The summed E-state index contributed by atoms with van der Waals surface area (Å²) in [6, 6.07) is 15.4. The Balaban J connectivity index is 2.39. The van der Waals surface area contributed by atoms with Gasteiger partial charge in [0.25, 0.3) is 0 Å². The highest BCUT2D eigenvalue weighted by atomic mass is 79.9. The number of ketones is 1. The molecule has 0 atom stereocenters. The second-order valence-corrected chi connectivity index (χ2v) is 5.02. The lowest BCUT2D eigenvalue weighted by Crippen LogP contribution is -2.04. The molecule has 3 nitrogen and oxygen atoms in total. The van der Waals surface area contributed by atoms with Crippen molar-refractivity contribution in [2.24, 2.45) is 0 Å². The minimum absolute atomic E-state index is 0.0219. The van der Waals surface area contributed by atoms with Crippen LogP contribution in [-0.2, 0) is 4.79 Å². The Morgan fingerprint density at radius 2 is 1.50 bits per heavy atom. The van der Waals surface area contributed by atoms with Crippen molar-refractivity contribution < 1.29 is 14.7 Å². The van der Waals surface area contributed by atoms with Gasteiger partial charge in [0.05, 0.1) is 5.57 Å². The van der Waals surface area contributed by atoms with Gasteiger partial charge < -0.3 is 5.11 Å². The van der Waals surface area contributed by atoms with Gasteiger partial charge in [0.15, 0.2) is 5.78 Å². The van der Waals surface area contributed by atoms with E-state index >= 15 is 0 Å². The molecule has 0 saturated heterocycles. The topological polar surface area (TPSA) is 54.4 Å². The number of carboxylic acid groups (broad SMARTS) is 1. The minimum Gasteiger partial charge on any atom is -0.478 e. The smallest absolute Gasteiger partial charge is 0.336 e. The van der Waals surface area contributed by atoms with Crippen molar-refractivity contribution in [1.29, 1.82) is 0 Å². The standard InChI is InChI=1S/C16H11BrO3/c17-13-8-6-11(7-9-13)14(16(19)20)10-15(18)12-4-2-1-3-5-12/h1-10H,(H,19,20). The summed E-state index contributed by atoms with van der Waals surface area (Å²) in [6.45, 7) is 0. The largest absolute Gasteiger partial charge is 0.478 e. The SMILES string of the molecule is O=C(O)C(=CC(=O)c1ccccc1)c1ccc(Br)cc1. The fraction of sp³-hybridized carbons (Fsp3) is 0. The average Bonchev–Trinajstić information content (AvgIpc) is 2.46. The zero-order valence-corrected chi connectivity index (χ0v) is 12.0. The van der Waals surface area contributed by atoms with Gasteiger partial charge in [-0.3, -0.25) is 4.79 Å². The van der Waals surface area contributed by atoms with Crippen molar-refractivity contribution in [1.82, 2.24) is 0 Å². The molecule has 0 aliphatic rings. The summed E-state index contributed by atoms with van der Waals surface area (Å²) < 4.78 is 0.848. The van der Waals surface area contributed by atoms with Crippen LogP contribution in [0.3, 0.4) is 0 Å². The van der Waals surface area contributed by atoms with E-state index in [0.717, 1.165) is 10.5 Å². The summed E-state index contributed by atoms with van der Waals surface area (Å²) in [6.07, 6.45) is 1.15. The van der Waals surface area contributed by atoms with Crippen LogP contribution in [0.2, 0.25) is 0 Å². The monoisotopic (exact) mass is 330 g/mol. The van der Waals surface area contributed by atoms with Gasteiger partial charge in [-0.15, -0.1) is 0 Å². The van der Waals surface area contributed by atoms with Crippen LogP contribution in [0.4, 0.5) is 0 Å². The summed E-state index contributed by atoms with van der Waals surface area (Å²) in [4.78, 5) is 23.4. The summed E-state index contributed by atoms with van der Waals surface area (Å²) in [5.41, 5.74) is 0.930. The van der Waals surface area contributed by atoms with E-state index in [1.165, 1.54) is 0 Å². The predicted octanol–water partition coefficient (Wildman–Crippen LogP) is 3.80. The van der Waals surface area contributed by atoms with Crippen LogP contribution < -0.4 is 0 Å². The molecule has 0 heterocycles. The number of hydrogen-bond acceptors (Lipinski definition) is 2. The maximum atomic E-state index is 12.1. The third kappa shape index (κ3) is 3.42. The average molecular weight is 331 g/mol. The van der Waals surface area contributed by atoms with Gasteiger partial charge in [0.2, 0.25) is 0 Å². The molecule has 20 heavy (non-hydrogen) atoms. The third-order valence-electron chi connectivity index (χ3n) is 2.72. The van der Waals surface area contributed by atoms with Crippen molar-refractivity contribution in [3.8, 4) is 0 Å². The number of carbonyl (C=O) groups is 2. The number of rotatable bonds is 4. The Morgan fingerprint density at radius 1 is 0.900 bits per heavy atom. The van der Waals surface area contributed by atoms with Crippen molar-refractivity contribution in [3.05, 3.63) is 76.3 Å². The lowest BCUT2D eigenvalue weighted by atomic mass is 10.0. The van der Waals surface area contributed by atoms with Crippen molar-refractivity contribution in [2.45, 2.75) is 0 Å². The quantitative estimate of drug-likeness (QED) is 0.685. The number of benzene rings is 2. The molecule has 0 aliphatic heterocycles. The Labute approximate surface area is 124 Å². The molecule has 0 aliphatic carbocycles. The van der Waals surface area contributed by atoms with Gasteiger partial charge in [0, 0.05) is 16.1 Å². The van der Waals surface area contributed by atoms with E-state index in [-0.39, 0.29) is 11.4 Å². The van der Waals surface area contributed by atoms with E-state index in [4.69, 9.17) is 0 Å². The van der Waals surface area contributed by atoms with Crippen molar-refractivity contribution >= 4 is 33.3 Å². The number of carboxylic acids is 1. The number of hydrogen-bond donors (Lipinski definition) is 1. The predicted molar refractivity (Wildman–Crippen MR) is 80.5 cm³/mol. The van der Waals surface area contributed by atoms with E-state index in [2.05, 4.69) is 15.9 Å². The molecule has 0 bridgehead atoms. The van der Waals surface area contributed by atoms with Gasteiger partial charge >= 0.3 is 5.97 Å². The summed E-state index contributed by atoms with van der Waals surface area (Å²) in [5, 5.41) is 9.26. The number of carbonyl (C=O) groups excluding carboxylic acids is 1. The highest BCUT2D eigenvalue weighted by Gasteiger charge is 2.13. The molecule has 0 aromatic heterocycles. The number of allylic oxidation sites excluding steroid dienone is 1. The lowest BCUT2D eigenvalue weighted by Gasteiger charge is -2.03. The van der Waals surface area contributed by atoms with Crippen LogP contribution in [0.5, 0.6) is 0 Å². The van der Waals surface area contributed by atoms with Gasteiger partial charge in [-0.2, -0.15) is 0 Å². The first-order valence-electron chi connectivity index (χ1n) is 5.88. The normalized spacial score (nSPS) is 11.2.